The molecule has 1 saturated heterocycles. The first-order chi connectivity index (χ1) is 7.97. The van der Waals surface area contributed by atoms with Gasteiger partial charge in [0.25, 0.3) is 0 Å². The van der Waals surface area contributed by atoms with Crippen LogP contribution >= 0.6 is 0 Å². The van der Waals surface area contributed by atoms with Gasteiger partial charge in [-0.15, -0.1) is 6.58 Å². The number of likely N-dealkylation sites (tertiary alicyclic amines) is 1. The molecule has 0 aliphatic carbocycles. The fraction of sp³-hybridized carbons (Fsp3) is 0.667. The predicted molar refractivity (Wildman–Crippen MR) is 64.7 cm³/mol. The van der Waals surface area contributed by atoms with Crippen molar-refractivity contribution in [1.29, 1.82) is 0 Å². The number of aliphatic carboxylic acids is 1. The molecule has 17 heavy (non-hydrogen) atoms. The van der Waals surface area contributed by atoms with Crippen LogP contribution in [0.2, 0.25) is 0 Å². The van der Waals surface area contributed by atoms with Gasteiger partial charge in [-0.25, -0.2) is 9.59 Å². The molecular formula is C12H20N2O3. The second-order valence-corrected chi connectivity index (χ2v) is 4.62. The highest BCUT2D eigenvalue weighted by Crippen LogP contribution is 2.24. The highest BCUT2D eigenvalue weighted by molar-refractivity contribution is 5.83. The van der Waals surface area contributed by atoms with Crippen LogP contribution in [0.5, 0.6) is 0 Å². The van der Waals surface area contributed by atoms with Crippen molar-refractivity contribution in [2.24, 2.45) is 5.92 Å². The van der Waals surface area contributed by atoms with Gasteiger partial charge in [0.2, 0.25) is 0 Å². The molecule has 1 heterocycles. The predicted octanol–water partition coefficient (Wildman–Crippen LogP) is 1.46. The Morgan fingerprint density at radius 2 is 2.29 bits per heavy atom. The lowest BCUT2D eigenvalue weighted by Gasteiger charge is -2.25. The molecule has 1 aliphatic rings. The van der Waals surface area contributed by atoms with Crippen LogP contribution in [-0.2, 0) is 4.79 Å². The summed E-state index contributed by atoms with van der Waals surface area (Å²) in [5, 5.41) is 11.9. The smallest absolute Gasteiger partial charge is 0.326 e. The van der Waals surface area contributed by atoms with Gasteiger partial charge in [0.15, 0.2) is 0 Å². The van der Waals surface area contributed by atoms with Crippen LogP contribution in [-0.4, -0.2) is 40.6 Å². The monoisotopic (exact) mass is 240 g/mol. The zero-order valence-corrected chi connectivity index (χ0v) is 10.3. The van der Waals surface area contributed by atoms with Crippen molar-refractivity contribution < 1.29 is 14.7 Å². The van der Waals surface area contributed by atoms with Crippen molar-refractivity contribution in [3.8, 4) is 0 Å². The topological polar surface area (TPSA) is 69.6 Å². The normalized spacial score (nSPS) is 25.4. The van der Waals surface area contributed by atoms with Gasteiger partial charge in [0.1, 0.15) is 6.04 Å². The number of rotatable bonds is 4. The molecular weight excluding hydrogens is 220 g/mol. The second kappa shape index (κ2) is 5.70. The first-order valence-electron chi connectivity index (χ1n) is 5.88. The van der Waals surface area contributed by atoms with Crippen LogP contribution in [0, 0.1) is 5.92 Å². The fourth-order valence-corrected chi connectivity index (χ4v) is 2.15. The van der Waals surface area contributed by atoms with E-state index in [1.165, 1.54) is 4.90 Å². The van der Waals surface area contributed by atoms with E-state index in [2.05, 4.69) is 11.9 Å². The Labute approximate surface area is 101 Å². The molecule has 3 atom stereocenters. The number of hydrogen-bond acceptors (Lipinski definition) is 2. The van der Waals surface area contributed by atoms with E-state index in [0.717, 1.165) is 6.42 Å². The van der Waals surface area contributed by atoms with E-state index in [1.807, 2.05) is 13.8 Å². The molecule has 1 rings (SSSR count). The third-order valence-corrected chi connectivity index (χ3v) is 3.10. The van der Waals surface area contributed by atoms with Gasteiger partial charge in [-0.1, -0.05) is 13.0 Å². The van der Waals surface area contributed by atoms with E-state index >= 15 is 0 Å². The first kappa shape index (κ1) is 13.5. The van der Waals surface area contributed by atoms with Crippen LogP contribution in [0.1, 0.15) is 26.7 Å². The summed E-state index contributed by atoms with van der Waals surface area (Å²) in [6.07, 6.45) is 3.14. The summed E-state index contributed by atoms with van der Waals surface area (Å²) in [4.78, 5) is 24.4. The molecule has 0 radical (unpaired) electrons. The van der Waals surface area contributed by atoms with Gasteiger partial charge >= 0.3 is 12.0 Å². The second-order valence-electron chi connectivity index (χ2n) is 4.62. The van der Waals surface area contributed by atoms with E-state index < -0.39 is 12.0 Å². The molecule has 5 nitrogen and oxygen atoms in total. The van der Waals surface area contributed by atoms with Crippen molar-refractivity contribution in [3.05, 3.63) is 12.7 Å². The third-order valence-electron chi connectivity index (χ3n) is 3.10. The molecule has 0 aromatic heterocycles. The summed E-state index contributed by atoms with van der Waals surface area (Å²) in [5.74, 6) is -0.922. The van der Waals surface area contributed by atoms with Crippen molar-refractivity contribution in [2.75, 3.05) is 6.54 Å². The van der Waals surface area contributed by atoms with Gasteiger partial charge in [-0.3, -0.25) is 0 Å². The Morgan fingerprint density at radius 3 is 2.82 bits per heavy atom. The number of amides is 2. The third kappa shape index (κ3) is 3.22. The zero-order chi connectivity index (χ0) is 13.0. The summed E-state index contributed by atoms with van der Waals surface area (Å²) in [6.45, 7) is 7.84. The fourth-order valence-electron chi connectivity index (χ4n) is 2.15. The Hall–Kier alpha value is -1.52. The molecule has 96 valence electrons. The number of hydrogen-bond donors (Lipinski definition) is 2. The lowest BCUT2D eigenvalue weighted by Crippen LogP contribution is -2.49. The highest BCUT2D eigenvalue weighted by Gasteiger charge is 2.39. The maximum absolute atomic E-state index is 11.9. The molecule has 3 unspecified atom stereocenters. The summed E-state index contributed by atoms with van der Waals surface area (Å²) in [7, 11) is 0. The van der Waals surface area contributed by atoms with Crippen molar-refractivity contribution in [1.82, 2.24) is 10.2 Å². The minimum atomic E-state index is -0.929. The quantitative estimate of drug-likeness (QED) is 0.731. The van der Waals surface area contributed by atoms with Crippen molar-refractivity contribution in [2.45, 2.75) is 38.8 Å². The number of carboxylic acid groups (broad SMARTS) is 1. The summed E-state index contributed by atoms with van der Waals surface area (Å²) in [5.41, 5.74) is 0. The molecule has 2 N–H and O–H groups in total. The Morgan fingerprint density at radius 1 is 1.65 bits per heavy atom. The van der Waals surface area contributed by atoms with Gasteiger partial charge < -0.3 is 15.3 Å². The molecule has 0 saturated carbocycles. The van der Waals surface area contributed by atoms with Crippen LogP contribution in [0.3, 0.4) is 0 Å². The van der Waals surface area contributed by atoms with Crippen LogP contribution in [0.25, 0.3) is 0 Å². The first-order valence-corrected chi connectivity index (χ1v) is 5.88. The minimum Gasteiger partial charge on any atom is -0.480 e. The van der Waals surface area contributed by atoms with Crippen LogP contribution in [0.4, 0.5) is 4.79 Å². The number of nitrogens with zero attached hydrogens (tertiary/aromatic N) is 1. The zero-order valence-electron chi connectivity index (χ0n) is 10.3. The van der Waals surface area contributed by atoms with E-state index in [9.17, 15) is 9.59 Å². The van der Waals surface area contributed by atoms with E-state index in [-0.39, 0.29) is 18.0 Å². The average Bonchev–Trinajstić information content (AvgIpc) is 2.60. The largest absolute Gasteiger partial charge is 0.480 e. The Bertz CT molecular complexity index is 317. The summed E-state index contributed by atoms with van der Waals surface area (Å²) in [6, 6.07) is -1.02. The van der Waals surface area contributed by atoms with Crippen molar-refractivity contribution in [3.63, 3.8) is 0 Å². The minimum absolute atomic E-state index is 0.00737. The van der Waals surface area contributed by atoms with Crippen LogP contribution < -0.4 is 5.32 Å². The molecule has 0 spiro atoms. The SMILES string of the molecule is C=CCC(C)NC(=O)N1CCC(C)C1C(=O)O. The van der Waals surface area contributed by atoms with Crippen molar-refractivity contribution >= 4 is 12.0 Å². The molecule has 2 amide bonds. The molecule has 5 heteroatoms. The molecule has 1 fully saturated rings. The molecule has 1 aliphatic heterocycles. The van der Waals surface area contributed by atoms with Gasteiger partial charge in [0, 0.05) is 12.6 Å². The number of urea groups is 1. The molecule has 0 aromatic carbocycles. The van der Waals surface area contributed by atoms with E-state index in [4.69, 9.17) is 5.11 Å². The van der Waals surface area contributed by atoms with Gasteiger partial charge in [0.05, 0.1) is 0 Å². The highest BCUT2D eigenvalue weighted by atomic mass is 16.4. The lowest BCUT2D eigenvalue weighted by molar-refractivity contribution is -0.142. The summed E-state index contributed by atoms with van der Waals surface area (Å²) >= 11 is 0. The molecule has 0 bridgehead atoms. The standard InChI is InChI=1S/C12H20N2O3/c1-4-5-9(3)13-12(17)14-7-6-8(2)10(14)11(15)16/h4,8-10H,1,5-7H2,2-3H3,(H,13,17)(H,15,16). The number of nitrogens with one attached hydrogen (secondary N) is 1. The maximum Gasteiger partial charge on any atom is 0.326 e. The van der Waals surface area contributed by atoms with E-state index in [1.54, 1.807) is 6.08 Å². The van der Waals surface area contributed by atoms with Gasteiger partial charge in [-0.05, 0) is 25.7 Å². The number of carbonyl (C=O) groups is 2. The summed E-state index contributed by atoms with van der Waals surface area (Å²) < 4.78 is 0. The van der Waals surface area contributed by atoms with Gasteiger partial charge in [-0.2, -0.15) is 0 Å². The maximum atomic E-state index is 11.9. The Balaban J connectivity index is 2.62. The van der Waals surface area contributed by atoms with E-state index in [0.29, 0.717) is 13.0 Å². The number of carbonyl (C=O) groups excluding carboxylic acids is 1. The Kier molecular flexibility index (Phi) is 4.54. The molecule has 0 aromatic rings. The lowest BCUT2D eigenvalue weighted by atomic mass is 10.0. The van der Waals surface area contributed by atoms with Crippen LogP contribution in [0.15, 0.2) is 12.7 Å². The number of carboxylic acids is 1. The average molecular weight is 240 g/mol.